The van der Waals surface area contributed by atoms with Gasteiger partial charge in [-0.25, -0.2) is 0 Å². The third-order valence-electron chi connectivity index (χ3n) is 4.25. The van der Waals surface area contributed by atoms with Crippen LogP contribution in [0.1, 0.15) is 11.1 Å². The number of hydrogen-bond donors (Lipinski definition) is 1. The van der Waals surface area contributed by atoms with E-state index in [1.54, 1.807) is 18.2 Å². The van der Waals surface area contributed by atoms with Gasteiger partial charge in [0.25, 0.3) is 5.91 Å². The summed E-state index contributed by atoms with van der Waals surface area (Å²) < 4.78 is 29.9. The van der Waals surface area contributed by atoms with Crippen LogP contribution >= 0.6 is 23.2 Å². The van der Waals surface area contributed by atoms with Crippen LogP contribution in [0.25, 0.3) is 6.08 Å². The lowest BCUT2D eigenvalue weighted by Gasteiger charge is -2.08. The zero-order valence-corrected chi connectivity index (χ0v) is 19.0. The quantitative estimate of drug-likeness (QED) is 0.277. The number of halogens is 2. The maximum Gasteiger partial charge on any atom is 0.339 e. The molecule has 0 fully saturated rings. The van der Waals surface area contributed by atoms with Crippen molar-refractivity contribution in [2.24, 2.45) is 0 Å². The van der Waals surface area contributed by atoms with E-state index in [4.69, 9.17) is 27.4 Å². The monoisotopic (exact) mass is 486 g/mol. The van der Waals surface area contributed by atoms with Gasteiger partial charge in [0.05, 0.1) is 10.0 Å². The smallest absolute Gasteiger partial charge is 0.339 e. The summed E-state index contributed by atoms with van der Waals surface area (Å²) in [5.74, 6) is -0.533. The van der Waals surface area contributed by atoms with Gasteiger partial charge in [-0.05, 0) is 61.0 Å². The fourth-order valence-electron chi connectivity index (χ4n) is 2.59. The number of anilines is 1. The van der Waals surface area contributed by atoms with E-state index in [1.807, 2.05) is 13.0 Å². The molecule has 0 saturated carbocycles. The predicted octanol–water partition coefficient (Wildman–Crippen LogP) is 5.62. The Morgan fingerprint density at radius 3 is 2.25 bits per heavy atom. The molecule has 0 heterocycles. The molecule has 0 atom stereocenters. The van der Waals surface area contributed by atoms with Crippen LogP contribution in [-0.4, -0.2) is 14.3 Å². The van der Waals surface area contributed by atoms with Crippen LogP contribution in [0.3, 0.4) is 0 Å². The van der Waals surface area contributed by atoms with E-state index >= 15 is 0 Å². The summed E-state index contributed by atoms with van der Waals surface area (Å²) in [4.78, 5) is 12.4. The van der Waals surface area contributed by atoms with Crippen LogP contribution in [0.5, 0.6) is 5.75 Å². The first-order valence-corrected chi connectivity index (χ1v) is 11.3. The molecule has 0 unspecified atom stereocenters. The fourth-order valence-corrected chi connectivity index (χ4v) is 3.82. The van der Waals surface area contributed by atoms with Crippen LogP contribution < -0.4 is 9.50 Å². The first kappa shape index (κ1) is 23.4. The van der Waals surface area contributed by atoms with Crippen LogP contribution in [0.2, 0.25) is 10.0 Å². The van der Waals surface area contributed by atoms with Crippen LogP contribution in [0.4, 0.5) is 5.69 Å². The molecule has 3 aromatic carbocycles. The Morgan fingerprint density at radius 2 is 1.66 bits per heavy atom. The zero-order valence-electron chi connectivity index (χ0n) is 16.7. The van der Waals surface area contributed by atoms with Crippen LogP contribution in [0, 0.1) is 18.3 Å². The Hall–Kier alpha value is -3.31. The number of carbonyl (C=O) groups is 1. The number of nitriles is 1. The maximum atomic E-state index is 12.4. The van der Waals surface area contributed by atoms with Crippen molar-refractivity contribution >= 4 is 51.0 Å². The highest BCUT2D eigenvalue weighted by Gasteiger charge is 2.16. The zero-order chi connectivity index (χ0) is 23.3. The molecular formula is C23H16Cl2N2O4S. The van der Waals surface area contributed by atoms with Crippen LogP contribution in [0.15, 0.2) is 77.2 Å². The molecule has 1 amide bonds. The van der Waals surface area contributed by atoms with Gasteiger partial charge in [0, 0.05) is 5.69 Å². The average molecular weight is 487 g/mol. The second kappa shape index (κ2) is 9.88. The van der Waals surface area contributed by atoms with E-state index in [9.17, 15) is 18.5 Å². The van der Waals surface area contributed by atoms with E-state index in [0.29, 0.717) is 16.3 Å². The summed E-state index contributed by atoms with van der Waals surface area (Å²) in [7, 11) is -3.98. The third-order valence-corrected chi connectivity index (χ3v) is 6.25. The lowest BCUT2D eigenvalue weighted by Crippen LogP contribution is -2.13. The van der Waals surface area contributed by atoms with Gasteiger partial charge in [-0.1, -0.05) is 53.0 Å². The normalized spacial score (nSPS) is 11.5. The van der Waals surface area contributed by atoms with Gasteiger partial charge in [0.1, 0.15) is 22.3 Å². The molecule has 6 nitrogen and oxygen atoms in total. The molecule has 0 aliphatic heterocycles. The van der Waals surface area contributed by atoms with Gasteiger partial charge in [-0.3, -0.25) is 4.79 Å². The molecule has 0 aliphatic rings. The van der Waals surface area contributed by atoms with Crippen molar-refractivity contribution < 1.29 is 17.4 Å². The van der Waals surface area contributed by atoms with E-state index in [2.05, 4.69) is 5.32 Å². The third kappa shape index (κ3) is 5.89. The first-order valence-electron chi connectivity index (χ1n) is 9.17. The van der Waals surface area contributed by atoms with Crippen molar-refractivity contribution in [2.75, 3.05) is 5.32 Å². The molecule has 0 saturated heterocycles. The summed E-state index contributed by atoms with van der Waals surface area (Å²) in [6.45, 7) is 1.85. The number of benzene rings is 3. The van der Waals surface area contributed by atoms with Gasteiger partial charge in [-0.2, -0.15) is 13.7 Å². The number of nitrogens with one attached hydrogen (secondary N) is 1. The second-order valence-corrected chi connectivity index (χ2v) is 9.03. The lowest BCUT2D eigenvalue weighted by atomic mass is 10.1. The molecule has 0 spiro atoms. The number of amides is 1. The number of carbonyl (C=O) groups excluding carboxylic acids is 1. The minimum absolute atomic E-state index is 0.0396. The number of rotatable bonds is 6. The number of hydrogen-bond acceptors (Lipinski definition) is 5. The topological polar surface area (TPSA) is 96.3 Å². The molecule has 162 valence electrons. The first-order chi connectivity index (χ1) is 15.2. The van der Waals surface area contributed by atoms with Crippen molar-refractivity contribution in [2.45, 2.75) is 11.8 Å². The van der Waals surface area contributed by atoms with E-state index in [1.165, 1.54) is 54.6 Å². The van der Waals surface area contributed by atoms with Gasteiger partial charge < -0.3 is 9.50 Å². The molecule has 0 aliphatic carbocycles. The van der Waals surface area contributed by atoms with Crippen molar-refractivity contribution in [3.63, 3.8) is 0 Å². The van der Waals surface area contributed by atoms with Crippen molar-refractivity contribution in [3.05, 3.63) is 93.5 Å². The molecule has 3 rings (SSSR count). The average Bonchev–Trinajstić information content (AvgIpc) is 2.75. The van der Waals surface area contributed by atoms with Crippen LogP contribution in [-0.2, 0) is 14.9 Å². The summed E-state index contributed by atoms with van der Waals surface area (Å²) in [6.07, 6.45) is 1.37. The molecule has 9 heteroatoms. The summed E-state index contributed by atoms with van der Waals surface area (Å²) in [5.41, 5.74) is 1.66. The highest BCUT2D eigenvalue weighted by molar-refractivity contribution is 7.87. The number of nitrogens with zero attached hydrogens (tertiary/aromatic N) is 1. The van der Waals surface area contributed by atoms with Crippen molar-refractivity contribution in [1.82, 2.24) is 0 Å². The van der Waals surface area contributed by atoms with E-state index in [-0.39, 0.29) is 21.2 Å². The second-order valence-electron chi connectivity index (χ2n) is 6.67. The molecular weight excluding hydrogens is 471 g/mol. The van der Waals surface area contributed by atoms with E-state index < -0.39 is 16.0 Å². The Labute approximate surface area is 195 Å². The van der Waals surface area contributed by atoms with Gasteiger partial charge in [0.15, 0.2) is 0 Å². The van der Waals surface area contributed by atoms with E-state index in [0.717, 1.165) is 5.56 Å². The van der Waals surface area contributed by atoms with Gasteiger partial charge in [0.2, 0.25) is 0 Å². The molecule has 1 N–H and O–H groups in total. The Kier molecular flexibility index (Phi) is 7.21. The molecule has 0 radical (unpaired) electrons. The largest absolute Gasteiger partial charge is 0.379 e. The molecule has 0 aromatic heterocycles. The molecule has 0 bridgehead atoms. The highest BCUT2D eigenvalue weighted by Crippen LogP contribution is 2.25. The van der Waals surface area contributed by atoms with Crippen molar-refractivity contribution in [3.8, 4) is 11.8 Å². The SMILES string of the molecule is Cc1ccc(S(=O)(=O)Oc2ccc(/C=C(\C#N)C(=O)Nc3ccc(Cl)c(Cl)c3)cc2)cc1. The summed E-state index contributed by atoms with van der Waals surface area (Å²) in [6, 6.07) is 18.6. The molecule has 32 heavy (non-hydrogen) atoms. The Morgan fingerprint density at radius 1 is 1.00 bits per heavy atom. The fraction of sp³-hybridized carbons (Fsp3) is 0.0435. The maximum absolute atomic E-state index is 12.4. The van der Waals surface area contributed by atoms with Crippen molar-refractivity contribution in [1.29, 1.82) is 5.26 Å². The Bertz CT molecular complexity index is 1330. The minimum atomic E-state index is -3.98. The lowest BCUT2D eigenvalue weighted by molar-refractivity contribution is -0.112. The standard InChI is InChI=1S/C23H16Cl2N2O4S/c1-15-2-9-20(10-3-15)32(29,30)31-19-7-4-16(5-8-19)12-17(14-26)23(28)27-18-6-11-21(24)22(25)13-18/h2-13H,1H3,(H,27,28)/b17-12+. The van der Waals surface area contributed by atoms with Gasteiger partial charge >= 0.3 is 10.1 Å². The summed E-state index contributed by atoms with van der Waals surface area (Å²) >= 11 is 11.8. The highest BCUT2D eigenvalue weighted by atomic mass is 35.5. The summed E-state index contributed by atoms with van der Waals surface area (Å²) in [5, 5.41) is 12.5. The Balaban J connectivity index is 1.73. The minimum Gasteiger partial charge on any atom is -0.379 e. The molecule has 3 aromatic rings. The number of aryl methyl sites for hydroxylation is 1. The van der Waals surface area contributed by atoms with Gasteiger partial charge in [-0.15, -0.1) is 0 Å². The predicted molar refractivity (Wildman–Crippen MR) is 124 cm³/mol.